The molecule has 1 aromatic heterocycles. The summed E-state index contributed by atoms with van der Waals surface area (Å²) in [6.07, 6.45) is 2.32. The lowest BCUT2D eigenvalue weighted by molar-refractivity contribution is 0.179. The van der Waals surface area contributed by atoms with E-state index in [9.17, 15) is 0 Å². The molecule has 1 saturated heterocycles. The van der Waals surface area contributed by atoms with Gasteiger partial charge >= 0.3 is 0 Å². The topological polar surface area (TPSA) is 53.0 Å². The fourth-order valence-electron chi connectivity index (χ4n) is 2.51. The number of halogens is 1. The van der Waals surface area contributed by atoms with Crippen molar-refractivity contribution < 1.29 is 4.74 Å². The van der Waals surface area contributed by atoms with Gasteiger partial charge in [-0.15, -0.1) is 0 Å². The molecule has 2 aliphatic heterocycles. The number of rotatable bonds is 3. The van der Waals surface area contributed by atoms with Gasteiger partial charge in [-0.25, -0.2) is 4.98 Å². The van der Waals surface area contributed by atoms with E-state index in [4.69, 9.17) is 16.3 Å². The van der Waals surface area contributed by atoms with Gasteiger partial charge in [-0.1, -0.05) is 18.2 Å². The summed E-state index contributed by atoms with van der Waals surface area (Å²) >= 11 is 5.94. The van der Waals surface area contributed by atoms with E-state index in [1.807, 2.05) is 0 Å². The van der Waals surface area contributed by atoms with Crippen molar-refractivity contribution in [3.8, 4) is 5.75 Å². The summed E-state index contributed by atoms with van der Waals surface area (Å²) < 4.78 is 5.58. The Morgan fingerprint density at radius 1 is 1.41 bits per heavy atom. The summed E-state index contributed by atoms with van der Waals surface area (Å²) in [6.45, 7) is 8.64. The standard InChI is InChI=1S/C15H20ClN5O/c1-11(21-6-4-20(2)5-7-21)18-19-13-3-8-22-14-9-12(16)10-17-15(13)14/h9-10,18H,1,3-8H2,2H3/b19-13-. The van der Waals surface area contributed by atoms with Crippen LogP contribution >= 0.6 is 11.6 Å². The normalized spacial score (nSPS) is 20.5. The van der Waals surface area contributed by atoms with Crippen LogP contribution in [-0.4, -0.2) is 60.3 Å². The number of nitrogens with zero attached hydrogens (tertiary/aromatic N) is 4. The molecule has 0 radical (unpaired) electrons. The second-order valence-electron chi connectivity index (χ2n) is 5.51. The third-order valence-corrected chi connectivity index (χ3v) is 4.10. The first kappa shape index (κ1) is 15.1. The summed E-state index contributed by atoms with van der Waals surface area (Å²) in [5.74, 6) is 1.51. The highest BCUT2D eigenvalue weighted by Crippen LogP contribution is 2.26. The Morgan fingerprint density at radius 2 is 2.18 bits per heavy atom. The minimum atomic E-state index is 0.565. The number of hydrogen-bond acceptors (Lipinski definition) is 6. The smallest absolute Gasteiger partial charge is 0.148 e. The Balaban J connectivity index is 1.68. The second kappa shape index (κ2) is 6.54. The minimum absolute atomic E-state index is 0.565. The maximum Gasteiger partial charge on any atom is 0.148 e. The van der Waals surface area contributed by atoms with E-state index in [0.717, 1.165) is 43.4 Å². The summed E-state index contributed by atoms with van der Waals surface area (Å²) in [5, 5.41) is 5.04. The molecule has 0 atom stereocenters. The van der Waals surface area contributed by atoms with Gasteiger partial charge in [0.2, 0.25) is 0 Å². The Morgan fingerprint density at radius 3 is 2.95 bits per heavy atom. The Kier molecular flexibility index (Phi) is 4.49. The molecule has 3 heterocycles. The molecule has 1 N–H and O–H groups in total. The van der Waals surface area contributed by atoms with Gasteiger partial charge in [-0.2, -0.15) is 5.10 Å². The molecule has 0 aromatic carbocycles. The fourth-order valence-corrected chi connectivity index (χ4v) is 2.66. The lowest BCUT2D eigenvalue weighted by Gasteiger charge is -2.34. The van der Waals surface area contributed by atoms with Crippen LogP contribution in [0.3, 0.4) is 0 Å². The van der Waals surface area contributed by atoms with Crippen LogP contribution in [-0.2, 0) is 0 Å². The molecule has 3 rings (SSSR count). The van der Waals surface area contributed by atoms with Gasteiger partial charge in [0.05, 0.1) is 17.3 Å². The molecule has 2 aliphatic rings. The first-order valence-electron chi connectivity index (χ1n) is 7.37. The van der Waals surface area contributed by atoms with E-state index < -0.39 is 0 Å². The van der Waals surface area contributed by atoms with Crippen molar-refractivity contribution in [2.45, 2.75) is 6.42 Å². The highest BCUT2D eigenvalue weighted by atomic mass is 35.5. The van der Waals surface area contributed by atoms with Crippen LogP contribution in [0.1, 0.15) is 12.1 Å². The zero-order valence-corrected chi connectivity index (χ0v) is 13.4. The van der Waals surface area contributed by atoms with E-state index in [2.05, 4.69) is 38.9 Å². The molecule has 7 heteroatoms. The number of aromatic nitrogens is 1. The SMILES string of the molecule is C=C(N/N=C1/CCOc2cc(Cl)cnc21)N1CCN(C)CC1. The maximum atomic E-state index is 5.94. The molecule has 0 amide bonds. The number of piperazine rings is 1. The van der Waals surface area contributed by atoms with Crippen LogP contribution in [0, 0.1) is 0 Å². The van der Waals surface area contributed by atoms with Gasteiger partial charge in [0.15, 0.2) is 0 Å². The average Bonchev–Trinajstić information content (AvgIpc) is 2.52. The predicted octanol–water partition coefficient (Wildman–Crippen LogP) is 1.53. The van der Waals surface area contributed by atoms with Crippen LogP contribution in [0.25, 0.3) is 0 Å². The molecule has 118 valence electrons. The van der Waals surface area contributed by atoms with E-state index in [1.165, 1.54) is 0 Å². The molecule has 0 bridgehead atoms. The lowest BCUT2D eigenvalue weighted by atomic mass is 10.1. The molecular weight excluding hydrogens is 302 g/mol. The number of pyridine rings is 1. The molecular formula is C15H20ClN5O. The van der Waals surface area contributed by atoms with Gasteiger partial charge < -0.3 is 14.5 Å². The van der Waals surface area contributed by atoms with Crippen LogP contribution in [0.4, 0.5) is 0 Å². The van der Waals surface area contributed by atoms with E-state index in [1.54, 1.807) is 12.3 Å². The molecule has 0 spiro atoms. The van der Waals surface area contributed by atoms with Gasteiger partial charge in [0.25, 0.3) is 0 Å². The summed E-state index contributed by atoms with van der Waals surface area (Å²) in [7, 11) is 2.13. The largest absolute Gasteiger partial charge is 0.491 e. The molecule has 0 saturated carbocycles. The molecule has 1 fully saturated rings. The summed E-state index contributed by atoms with van der Waals surface area (Å²) in [6, 6.07) is 1.77. The Hall–Kier alpha value is -1.79. The maximum absolute atomic E-state index is 5.94. The lowest BCUT2D eigenvalue weighted by Crippen LogP contribution is -2.45. The zero-order valence-electron chi connectivity index (χ0n) is 12.7. The quantitative estimate of drug-likeness (QED) is 0.856. The first-order chi connectivity index (χ1) is 10.6. The molecule has 0 aliphatic carbocycles. The van der Waals surface area contributed by atoms with Gasteiger partial charge in [-0.3, -0.25) is 5.43 Å². The Bertz CT molecular complexity index is 596. The van der Waals surface area contributed by atoms with Crippen LogP contribution in [0.2, 0.25) is 5.02 Å². The van der Waals surface area contributed by atoms with E-state index >= 15 is 0 Å². The van der Waals surface area contributed by atoms with Crippen molar-refractivity contribution in [3.05, 3.63) is 35.4 Å². The van der Waals surface area contributed by atoms with Crippen molar-refractivity contribution in [2.75, 3.05) is 39.8 Å². The first-order valence-corrected chi connectivity index (χ1v) is 7.75. The third-order valence-electron chi connectivity index (χ3n) is 3.89. The molecule has 22 heavy (non-hydrogen) atoms. The fraction of sp³-hybridized carbons (Fsp3) is 0.467. The number of ether oxygens (including phenoxy) is 1. The third kappa shape index (κ3) is 3.34. The van der Waals surface area contributed by atoms with Crippen LogP contribution in [0.5, 0.6) is 5.75 Å². The number of hydrogen-bond donors (Lipinski definition) is 1. The monoisotopic (exact) mass is 321 g/mol. The molecule has 0 unspecified atom stereocenters. The number of fused-ring (bicyclic) bond motifs is 1. The average molecular weight is 322 g/mol. The van der Waals surface area contributed by atoms with Crippen molar-refractivity contribution in [1.29, 1.82) is 0 Å². The summed E-state index contributed by atoms with van der Waals surface area (Å²) in [4.78, 5) is 8.83. The van der Waals surface area contributed by atoms with Crippen molar-refractivity contribution in [1.82, 2.24) is 20.2 Å². The zero-order chi connectivity index (χ0) is 15.5. The highest BCUT2D eigenvalue weighted by molar-refractivity contribution is 6.30. The van der Waals surface area contributed by atoms with E-state index in [0.29, 0.717) is 23.8 Å². The second-order valence-corrected chi connectivity index (χ2v) is 5.94. The number of likely N-dealkylation sites (N-methyl/N-ethyl adjacent to an activating group) is 1. The van der Waals surface area contributed by atoms with Gasteiger partial charge in [0.1, 0.15) is 17.3 Å². The van der Waals surface area contributed by atoms with Crippen LogP contribution < -0.4 is 10.2 Å². The minimum Gasteiger partial charge on any atom is -0.491 e. The van der Waals surface area contributed by atoms with Gasteiger partial charge in [-0.05, 0) is 7.05 Å². The Labute approximate surface area is 135 Å². The van der Waals surface area contributed by atoms with Crippen LogP contribution in [0.15, 0.2) is 29.8 Å². The summed E-state index contributed by atoms with van der Waals surface area (Å²) in [5.41, 5.74) is 4.68. The van der Waals surface area contributed by atoms with Crippen molar-refractivity contribution in [3.63, 3.8) is 0 Å². The number of nitrogens with one attached hydrogen (secondary N) is 1. The highest BCUT2D eigenvalue weighted by Gasteiger charge is 2.20. The van der Waals surface area contributed by atoms with Crippen molar-refractivity contribution >= 4 is 17.3 Å². The van der Waals surface area contributed by atoms with E-state index in [-0.39, 0.29) is 0 Å². The molecule has 1 aromatic rings. The predicted molar refractivity (Wildman–Crippen MR) is 87.2 cm³/mol. The van der Waals surface area contributed by atoms with Crippen molar-refractivity contribution in [2.24, 2.45) is 5.10 Å². The van der Waals surface area contributed by atoms with Gasteiger partial charge in [0, 0.05) is 44.9 Å². The number of hydrazone groups is 1. The molecule has 6 nitrogen and oxygen atoms in total.